The Morgan fingerprint density at radius 3 is 2.59 bits per heavy atom. The van der Waals surface area contributed by atoms with Gasteiger partial charge >= 0.3 is 5.97 Å². The summed E-state index contributed by atoms with van der Waals surface area (Å²) in [5.41, 5.74) is -0.0428. The van der Waals surface area contributed by atoms with Crippen molar-refractivity contribution < 1.29 is 24.6 Å². The number of hydrogen-bond donors (Lipinski definition) is 2. The van der Waals surface area contributed by atoms with Crippen molar-refractivity contribution in [3.63, 3.8) is 0 Å². The van der Waals surface area contributed by atoms with Gasteiger partial charge in [0.1, 0.15) is 0 Å². The van der Waals surface area contributed by atoms with Crippen LogP contribution in [0.5, 0.6) is 0 Å². The number of nitrogens with zero attached hydrogens (tertiary/aromatic N) is 2. The van der Waals surface area contributed by atoms with Crippen LogP contribution < -0.4 is 9.80 Å². The second-order valence-electron chi connectivity index (χ2n) is 5.61. The maximum atomic E-state index is 12.2. The van der Waals surface area contributed by atoms with Crippen LogP contribution in [-0.2, 0) is 20.8 Å². The van der Waals surface area contributed by atoms with E-state index in [0.717, 1.165) is 11.3 Å². The summed E-state index contributed by atoms with van der Waals surface area (Å²) in [6.07, 6.45) is 0.547. The minimum absolute atomic E-state index is 0.0380. The normalized spacial score (nSPS) is 23.8. The van der Waals surface area contributed by atoms with E-state index in [1.54, 1.807) is 23.1 Å². The number of benzene rings is 1. The van der Waals surface area contributed by atoms with Crippen molar-refractivity contribution in [3.8, 4) is 0 Å². The van der Waals surface area contributed by atoms with Crippen molar-refractivity contribution in [2.24, 2.45) is 0 Å². The zero-order valence-corrected chi connectivity index (χ0v) is 12.1. The number of anilines is 2. The number of hydrogen-bond acceptors (Lipinski definition) is 4. The molecule has 2 amide bonds. The number of fused-ring (bicyclic) bond motifs is 1. The zero-order chi connectivity index (χ0) is 16.1. The molecule has 116 valence electrons. The number of amides is 2. The predicted octanol–water partition coefficient (Wildman–Crippen LogP) is 0.148. The molecule has 1 fully saturated rings. The number of carboxylic acid groups (broad SMARTS) is 1. The van der Waals surface area contributed by atoms with Gasteiger partial charge in [0, 0.05) is 37.8 Å². The van der Waals surface area contributed by atoms with Gasteiger partial charge in [-0.15, -0.1) is 0 Å². The fourth-order valence-corrected chi connectivity index (χ4v) is 3.03. The molecule has 1 aromatic rings. The molecular weight excluding hydrogens is 288 g/mol. The number of aliphatic hydroxyl groups is 1. The molecule has 0 spiro atoms. The number of aliphatic carboxylic acids is 1. The van der Waals surface area contributed by atoms with Crippen LogP contribution >= 0.6 is 0 Å². The van der Waals surface area contributed by atoms with E-state index in [4.69, 9.17) is 5.11 Å². The molecule has 3 rings (SSSR count). The fourth-order valence-electron chi connectivity index (χ4n) is 3.03. The van der Waals surface area contributed by atoms with E-state index in [0.29, 0.717) is 18.7 Å². The van der Waals surface area contributed by atoms with Gasteiger partial charge in [-0.25, -0.2) is 4.79 Å². The highest BCUT2D eigenvalue weighted by Gasteiger charge is 2.52. The fraction of sp³-hybridized carbons (Fsp3) is 0.400. The Morgan fingerprint density at radius 1 is 1.27 bits per heavy atom. The van der Waals surface area contributed by atoms with Crippen LogP contribution in [0.4, 0.5) is 11.4 Å². The average molecular weight is 304 g/mol. The smallest absolute Gasteiger partial charge is 0.345 e. The summed E-state index contributed by atoms with van der Waals surface area (Å²) >= 11 is 0. The maximum absolute atomic E-state index is 12.2. The third-order valence-corrected chi connectivity index (χ3v) is 4.30. The molecular formula is C15H16N2O5. The highest BCUT2D eigenvalue weighted by Crippen LogP contribution is 2.34. The summed E-state index contributed by atoms with van der Waals surface area (Å²) < 4.78 is 0. The van der Waals surface area contributed by atoms with Gasteiger partial charge in [-0.3, -0.25) is 9.59 Å². The lowest BCUT2D eigenvalue weighted by molar-refractivity contribution is -0.162. The number of carboxylic acids is 1. The van der Waals surface area contributed by atoms with Crippen LogP contribution in [0.3, 0.4) is 0 Å². The first-order valence-electron chi connectivity index (χ1n) is 7.03. The molecule has 1 atom stereocenters. The standard InChI is InChI=1S/C15H16N2O5/c1-9(18)16-6-4-10-8-11(2-3-12(10)16)17-7-5-15(22,13(17)19)14(20)21/h2-3,8,22H,4-7H2,1H3,(H,20,21). The second-order valence-corrected chi connectivity index (χ2v) is 5.61. The minimum Gasteiger partial charge on any atom is -0.479 e. The van der Waals surface area contributed by atoms with Crippen LogP contribution in [0, 0.1) is 0 Å². The van der Waals surface area contributed by atoms with Gasteiger partial charge in [-0.1, -0.05) is 0 Å². The van der Waals surface area contributed by atoms with Gasteiger partial charge in [-0.2, -0.15) is 0 Å². The van der Waals surface area contributed by atoms with Gasteiger partial charge in [0.2, 0.25) is 11.5 Å². The lowest BCUT2D eigenvalue weighted by Gasteiger charge is -2.20. The Balaban J connectivity index is 1.91. The molecule has 22 heavy (non-hydrogen) atoms. The minimum atomic E-state index is -2.34. The van der Waals surface area contributed by atoms with E-state index in [1.165, 1.54) is 11.8 Å². The van der Waals surface area contributed by atoms with Crippen molar-refractivity contribution >= 4 is 29.2 Å². The third-order valence-electron chi connectivity index (χ3n) is 4.30. The van der Waals surface area contributed by atoms with Crippen molar-refractivity contribution in [2.45, 2.75) is 25.4 Å². The lowest BCUT2D eigenvalue weighted by atomic mass is 10.0. The summed E-state index contributed by atoms with van der Waals surface area (Å²) in [7, 11) is 0. The zero-order valence-electron chi connectivity index (χ0n) is 12.1. The van der Waals surface area contributed by atoms with Crippen LogP contribution in [0.2, 0.25) is 0 Å². The van der Waals surface area contributed by atoms with Crippen molar-refractivity contribution in [1.29, 1.82) is 0 Å². The first kappa shape index (κ1) is 14.5. The summed E-state index contributed by atoms with van der Waals surface area (Å²) in [4.78, 5) is 37.7. The molecule has 1 aromatic carbocycles. The van der Waals surface area contributed by atoms with Crippen LogP contribution in [0.15, 0.2) is 18.2 Å². The molecule has 7 nitrogen and oxygen atoms in total. The third kappa shape index (κ3) is 1.97. The molecule has 0 bridgehead atoms. The van der Waals surface area contributed by atoms with Gasteiger partial charge in [-0.05, 0) is 30.2 Å². The van der Waals surface area contributed by atoms with Crippen molar-refractivity contribution in [2.75, 3.05) is 22.9 Å². The highest BCUT2D eigenvalue weighted by atomic mass is 16.4. The molecule has 2 N–H and O–H groups in total. The van der Waals surface area contributed by atoms with E-state index >= 15 is 0 Å². The Hall–Kier alpha value is -2.41. The Labute approximate surface area is 126 Å². The van der Waals surface area contributed by atoms with Crippen LogP contribution in [0.1, 0.15) is 18.9 Å². The molecule has 0 saturated carbocycles. The molecule has 2 aliphatic heterocycles. The van der Waals surface area contributed by atoms with Crippen LogP contribution in [0.25, 0.3) is 0 Å². The molecule has 1 saturated heterocycles. The summed E-state index contributed by atoms with van der Waals surface area (Å²) in [6, 6.07) is 5.21. The molecule has 0 radical (unpaired) electrons. The monoisotopic (exact) mass is 304 g/mol. The number of rotatable bonds is 2. The number of carbonyl (C=O) groups is 3. The lowest BCUT2D eigenvalue weighted by Crippen LogP contribution is -2.46. The Kier molecular flexibility index (Phi) is 3.17. The summed E-state index contributed by atoms with van der Waals surface area (Å²) in [5, 5.41) is 19.0. The average Bonchev–Trinajstić information content (AvgIpc) is 3.01. The van der Waals surface area contributed by atoms with Gasteiger partial charge in [0.05, 0.1) is 0 Å². The molecule has 0 aliphatic carbocycles. The first-order chi connectivity index (χ1) is 10.3. The Morgan fingerprint density at radius 2 is 2.00 bits per heavy atom. The van der Waals surface area contributed by atoms with Crippen LogP contribution in [-0.4, -0.2) is 46.7 Å². The molecule has 0 aromatic heterocycles. The van der Waals surface area contributed by atoms with E-state index in [9.17, 15) is 19.5 Å². The molecule has 2 heterocycles. The SMILES string of the molecule is CC(=O)N1CCc2cc(N3CCC(O)(C(=O)O)C3=O)ccc21. The summed E-state index contributed by atoms with van der Waals surface area (Å²) in [5.74, 6) is -2.38. The van der Waals surface area contributed by atoms with E-state index in [2.05, 4.69) is 0 Å². The largest absolute Gasteiger partial charge is 0.479 e. The topological polar surface area (TPSA) is 98.2 Å². The highest BCUT2D eigenvalue weighted by molar-refractivity contribution is 6.14. The maximum Gasteiger partial charge on any atom is 0.345 e. The van der Waals surface area contributed by atoms with Gasteiger partial charge in [0.15, 0.2) is 0 Å². The second kappa shape index (κ2) is 4.81. The van der Waals surface area contributed by atoms with E-state index < -0.39 is 17.5 Å². The van der Waals surface area contributed by atoms with E-state index in [-0.39, 0.29) is 18.9 Å². The molecule has 2 aliphatic rings. The number of carbonyl (C=O) groups excluding carboxylic acids is 2. The Bertz CT molecular complexity index is 687. The van der Waals surface area contributed by atoms with E-state index in [1.807, 2.05) is 0 Å². The predicted molar refractivity (Wildman–Crippen MR) is 77.7 cm³/mol. The molecule has 7 heteroatoms. The van der Waals surface area contributed by atoms with Crippen molar-refractivity contribution in [3.05, 3.63) is 23.8 Å². The summed E-state index contributed by atoms with van der Waals surface area (Å²) in [6.45, 7) is 2.25. The molecule has 1 unspecified atom stereocenters. The van der Waals surface area contributed by atoms with Crippen molar-refractivity contribution in [1.82, 2.24) is 0 Å². The van der Waals surface area contributed by atoms with Gasteiger partial charge in [0.25, 0.3) is 5.91 Å². The quantitative estimate of drug-likeness (QED) is 0.758. The first-order valence-corrected chi connectivity index (χ1v) is 7.03. The van der Waals surface area contributed by atoms with Gasteiger partial charge < -0.3 is 20.0 Å².